The highest BCUT2D eigenvalue weighted by Gasteiger charge is 2.07. The first-order chi connectivity index (χ1) is 8.15. The van der Waals surface area contributed by atoms with E-state index in [1.54, 1.807) is 18.2 Å². The monoisotopic (exact) mass is 254 g/mol. The van der Waals surface area contributed by atoms with Gasteiger partial charge in [0.15, 0.2) is 0 Å². The van der Waals surface area contributed by atoms with Gasteiger partial charge < -0.3 is 10.5 Å². The average molecular weight is 255 g/mol. The average Bonchev–Trinajstić information content (AvgIpc) is 2.28. The predicted molar refractivity (Wildman–Crippen MR) is 72.1 cm³/mol. The lowest BCUT2D eigenvalue weighted by Crippen LogP contribution is -2.13. The van der Waals surface area contributed by atoms with Crippen LogP contribution in [0.15, 0.2) is 18.2 Å². The Morgan fingerprint density at radius 2 is 2.12 bits per heavy atom. The van der Waals surface area contributed by atoms with E-state index in [2.05, 4.69) is 6.92 Å². The van der Waals surface area contributed by atoms with E-state index in [0.717, 1.165) is 12.8 Å². The van der Waals surface area contributed by atoms with Crippen LogP contribution < -0.4 is 10.5 Å². The number of benzene rings is 1. The zero-order valence-corrected chi connectivity index (χ0v) is 10.9. The van der Waals surface area contributed by atoms with Gasteiger partial charge in [-0.3, -0.25) is 5.41 Å². The fourth-order valence-electron chi connectivity index (χ4n) is 1.55. The third-order valence-electron chi connectivity index (χ3n) is 2.49. The SMILES string of the molecule is CCCCCCOc1cc(Cl)ccc1C(=N)N. The summed E-state index contributed by atoms with van der Waals surface area (Å²) in [5.74, 6) is 0.603. The van der Waals surface area contributed by atoms with Crippen LogP contribution in [0.1, 0.15) is 38.2 Å². The van der Waals surface area contributed by atoms with Crippen LogP contribution in [-0.2, 0) is 0 Å². The molecule has 0 unspecified atom stereocenters. The zero-order valence-electron chi connectivity index (χ0n) is 10.1. The van der Waals surface area contributed by atoms with Crippen molar-refractivity contribution in [2.75, 3.05) is 6.61 Å². The van der Waals surface area contributed by atoms with Crippen molar-refractivity contribution >= 4 is 17.4 Å². The molecule has 0 atom stereocenters. The van der Waals surface area contributed by atoms with E-state index >= 15 is 0 Å². The first-order valence-electron chi connectivity index (χ1n) is 5.92. The summed E-state index contributed by atoms with van der Waals surface area (Å²) in [7, 11) is 0. The Balaban J connectivity index is 2.56. The second-order valence-corrected chi connectivity index (χ2v) is 4.40. The Labute approximate surface area is 107 Å². The molecule has 0 aromatic heterocycles. The van der Waals surface area contributed by atoms with E-state index in [1.807, 2.05) is 0 Å². The number of nitrogens with one attached hydrogen (secondary N) is 1. The Morgan fingerprint density at radius 1 is 1.35 bits per heavy atom. The second kappa shape index (κ2) is 7.17. The molecule has 94 valence electrons. The van der Waals surface area contributed by atoms with Gasteiger partial charge in [0.25, 0.3) is 0 Å². The standard InChI is InChI=1S/C13H19ClN2O/c1-2-3-4-5-8-17-12-9-10(14)6-7-11(12)13(15)16/h6-7,9H,2-5,8H2,1H3,(H3,15,16). The molecule has 0 saturated heterocycles. The normalized spacial score (nSPS) is 10.2. The van der Waals surface area contributed by atoms with Crippen molar-refractivity contribution in [1.29, 1.82) is 5.41 Å². The van der Waals surface area contributed by atoms with Crippen LogP contribution in [0.3, 0.4) is 0 Å². The topological polar surface area (TPSA) is 59.1 Å². The van der Waals surface area contributed by atoms with Crippen molar-refractivity contribution in [2.24, 2.45) is 5.73 Å². The number of hydrogen-bond donors (Lipinski definition) is 2. The van der Waals surface area contributed by atoms with Crippen molar-refractivity contribution in [1.82, 2.24) is 0 Å². The smallest absolute Gasteiger partial charge is 0.131 e. The summed E-state index contributed by atoms with van der Waals surface area (Å²) in [5.41, 5.74) is 6.08. The molecule has 0 spiro atoms. The summed E-state index contributed by atoms with van der Waals surface area (Å²) in [6, 6.07) is 5.13. The van der Waals surface area contributed by atoms with E-state index in [4.69, 9.17) is 27.5 Å². The number of amidine groups is 1. The zero-order chi connectivity index (χ0) is 12.7. The molecule has 0 aliphatic carbocycles. The predicted octanol–water partition coefficient (Wildman–Crippen LogP) is 3.58. The molecule has 17 heavy (non-hydrogen) atoms. The third kappa shape index (κ3) is 4.65. The maximum Gasteiger partial charge on any atom is 0.131 e. The highest BCUT2D eigenvalue weighted by molar-refractivity contribution is 6.30. The molecule has 3 N–H and O–H groups in total. The number of hydrogen-bond acceptors (Lipinski definition) is 2. The van der Waals surface area contributed by atoms with Gasteiger partial charge in [-0.05, 0) is 24.6 Å². The van der Waals surface area contributed by atoms with Crippen LogP contribution in [-0.4, -0.2) is 12.4 Å². The summed E-state index contributed by atoms with van der Waals surface area (Å²) < 4.78 is 5.62. The summed E-state index contributed by atoms with van der Waals surface area (Å²) in [6.07, 6.45) is 4.60. The molecular weight excluding hydrogens is 236 g/mol. The third-order valence-corrected chi connectivity index (χ3v) is 2.72. The molecule has 1 aromatic carbocycles. The van der Waals surface area contributed by atoms with E-state index in [0.29, 0.717) is 22.9 Å². The number of nitrogen functional groups attached to an aromatic ring is 1. The van der Waals surface area contributed by atoms with E-state index in [9.17, 15) is 0 Å². The van der Waals surface area contributed by atoms with E-state index in [-0.39, 0.29) is 5.84 Å². The molecule has 0 aliphatic heterocycles. The van der Waals surface area contributed by atoms with Gasteiger partial charge in [-0.1, -0.05) is 37.8 Å². The molecule has 0 bridgehead atoms. The first kappa shape index (κ1) is 13.8. The van der Waals surface area contributed by atoms with E-state index < -0.39 is 0 Å². The van der Waals surface area contributed by atoms with Gasteiger partial charge >= 0.3 is 0 Å². The van der Waals surface area contributed by atoms with Crippen LogP contribution >= 0.6 is 11.6 Å². The van der Waals surface area contributed by atoms with Crippen molar-refractivity contribution in [2.45, 2.75) is 32.6 Å². The highest BCUT2D eigenvalue weighted by atomic mass is 35.5. The Morgan fingerprint density at radius 3 is 2.76 bits per heavy atom. The Bertz CT molecular complexity index is 380. The Kier molecular flexibility index (Phi) is 5.84. The lowest BCUT2D eigenvalue weighted by Gasteiger charge is -2.10. The number of nitrogens with two attached hydrogens (primary N) is 1. The minimum absolute atomic E-state index is 0.00484. The summed E-state index contributed by atoms with van der Waals surface area (Å²) in [4.78, 5) is 0. The second-order valence-electron chi connectivity index (χ2n) is 3.96. The first-order valence-corrected chi connectivity index (χ1v) is 6.29. The van der Waals surface area contributed by atoms with Gasteiger partial charge in [-0.15, -0.1) is 0 Å². The molecule has 0 aliphatic rings. The fourth-order valence-corrected chi connectivity index (χ4v) is 1.71. The van der Waals surface area contributed by atoms with E-state index in [1.165, 1.54) is 12.8 Å². The van der Waals surface area contributed by atoms with Crippen LogP contribution in [0.25, 0.3) is 0 Å². The Hall–Kier alpha value is -1.22. The fraction of sp³-hybridized carbons (Fsp3) is 0.462. The summed E-state index contributed by atoms with van der Waals surface area (Å²) >= 11 is 5.89. The minimum Gasteiger partial charge on any atom is -0.493 e. The molecule has 1 rings (SSSR count). The van der Waals surface area contributed by atoms with Gasteiger partial charge in [0.1, 0.15) is 11.6 Å². The van der Waals surface area contributed by atoms with Crippen LogP contribution in [0.2, 0.25) is 5.02 Å². The van der Waals surface area contributed by atoms with Crippen LogP contribution in [0.4, 0.5) is 0 Å². The lowest BCUT2D eigenvalue weighted by molar-refractivity contribution is 0.304. The number of unbranched alkanes of at least 4 members (excludes halogenated alkanes) is 3. The molecule has 3 nitrogen and oxygen atoms in total. The molecule has 1 aromatic rings. The molecule has 0 fully saturated rings. The van der Waals surface area contributed by atoms with Crippen molar-refractivity contribution in [3.8, 4) is 5.75 Å². The molecule has 4 heteroatoms. The van der Waals surface area contributed by atoms with Crippen molar-refractivity contribution < 1.29 is 4.74 Å². The van der Waals surface area contributed by atoms with Gasteiger partial charge in [-0.2, -0.15) is 0 Å². The van der Waals surface area contributed by atoms with Gasteiger partial charge in [0.05, 0.1) is 12.2 Å². The minimum atomic E-state index is 0.00484. The molecule has 0 saturated carbocycles. The maximum absolute atomic E-state index is 7.45. The van der Waals surface area contributed by atoms with Crippen LogP contribution in [0, 0.1) is 5.41 Å². The van der Waals surface area contributed by atoms with Gasteiger partial charge in [-0.25, -0.2) is 0 Å². The molecule has 0 amide bonds. The highest BCUT2D eigenvalue weighted by Crippen LogP contribution is 2.23. The van der Waals surface area contributed by atoms with Gasteiger partial charge in [0.2, 0.25) is 0 Å². The largest absolute Gasteiger partial charge is 0.493 e. The summed E-state index contributed by atoms with van der Waals surface area (Å²) in [5, 5.41) is 8.04. The number of rotatable bonds is 7. The van der Waals surface area contributed by atoms with Crippen molar-refractivity contribution in [3.05, 3.63) is 28.8 Å². The van der Waals surface area contributed by atoms with Crippen molar-refractivity contribution in [3.63, 3.8) is 0 Å². The van der Waals surface area contributed by atoms with Gasteiger partial charge in [0, 0.05) is 5.02 Å². The molecule has 0 radical (unpaired) electrons. The summed E-state index contributed by atoms with van der Waals surface area (Å²) in [6.45, 7) is 2.81. The lowest BCUT2D eigenvalue weighted by atomic mass is 10.2. The molecular formula is C13H19ClN2O. The van der Waals surface area contributed by atoms with Crippen LogP contribution in [0.5, 0.6) is 5.75 Å². The quantitative estimate of drug-likeness (QED) is 0.444. The number of halogens is 1. The molecule has 0 heterocycles. The number of ether oxygens (including phenoxy) is 1. The maximum atomic E-state index is 7.45.